The van der Waals surface area contributed by atoms with Gasteiger partial charge in [0.2, 0.25) is 0 Å². The molecule has 1 aromatic heterocycles. The molecule has 0 aliphatic heterocycles. The fraction of sp³-hybridized carbons (Fsp3) is 0.308. The third kappa shape index (κ3) is 1.08. The molecule has 0 atom stereocenters. The molecule has 16 heavy (non-hydrogen) atoms. The van der Waals surface area contributed by atoms with Gasteiger partial charge in [0, 0.05) is 18.6 Å². The van der Waals surface area contributed by atoms with E-state index in [9.17, 15) is 9.18 Å². The van der Waals surface area contributed by atoms with Crippen molar-refractivity contribution >= 4 is 17.2 Å². The summed E-state index contributed by atoms with van der Waals surface area (Å²) in [7, 11) is 1.82. The minimum Gasteiger partial charge on any atom is -0.348 e. The number of halogens is 1. The summed E-state index contributed by atoms with van der Waals surface area (Å²) in [5, 5.41) is 0.868. The van der Waals surface area contributed by atoms with Crippen LogP contribution in [0, 0.1) is 5.82 Å². The zero-order valence-electron chi connectivity index (χ0n) is 9.03. The highest BCUT2D eigenvalue weighted by Crippen LogP contribution is 2.49. The van der Waals surface area contributed by atoms with Gasteiger partial charge in [0.25, 0.3) is 0 Å². The lowest BCUT2D eigenvalue weighted by Gasteiger charge is -2.04. The highest BCUT2D eigenvalue weighted by atomic mass is 19.1. The van der Waals surface area contributed by atoms with Gasteiger partial charge in [-0.15, -0.1) is 0 Å². The third-order valence-electron chi connectivity index (χ3n) is 3.50. The number of nitrogens with zero attached hydrogens (tertiary/aromatic N) is 1. The molecule has 0 saturated heterocycles. The van der Waals surface area contributed by atoms with E-state index >= 15 is 0 Å². The number of rotatable bonds is 2. The lowest BCUT2D eigenvalue weighted by atomic mass is 9.97. The van der Waals surface area contributed by atoms with Crippen LogP contribution in [0.25, 0.3) is 10.9 Å². The molecular formula is C13H12FNO. The van der Waals surface area contributed by atoms with E-state index < -0.39 is 0 Å². The first kappa shape index (κ1) is 9.58. The Morgan fingerprint density at radius 2 is 2.19 bits per heavy atom. The second-order valence-electron chi connectivity index (χ2n) is 4.56. The van der Waals surface area contributed by atoms with Crippen LogP contribution < -0.4 is 0 Å². The number of hydrogen-bond acceptors (Lipinski definition) is 1. The van der Waals surface area contributed by atoms with E-state index in [0.717, 1.165) is 30.1 Å². The maximum absolute atomic E-state index is 13.7. The van der Waals surface area contributed by atoms with Gasteiger partial charge in [0.1, 0.15) is 12.1 Å². The predicted molar refractivity (Wildman–Crippen MR) is 59.9 cm³/mol. The number of hydrogen-bond donors (Lipinski definition) is 0. The highest BCUT2D eigenvalue weighted by molar-refractivity contribution is 5.90. The summed E-state index contributed by atoms with van der Waals surface area (Å²) in [5.74, 6) is -0.229. The van der Waals surface area contributed by atoms with Gasteiger partial charge in [-0.2, -0.15) is 0 Å². The van der Waals surface area contributed by atoms with E-state index in [0.29, 0.717) is 5.52 Å². The summed E-state index contributed by atoms with van der Waals surface area (Å²) in [4.78, 5) is 11.1. The van der Waals surface area contributed by atoms with Crippen LogP contribution >= 0.6 is 0 Å². The molecule has 1 aromatic carbocycles. The van der Waals surface area contributed by atoms with Crippen LogP contribution in [0.3, 0.4) is 0 Å². The Morgan fingerprint density at radius 3 is 2.81 bits per heavy atom. The molecule has 0 bridgehead atoms. The van der Waals surface area contributed by atoms with Crippen molar-refractivity contribution in [2.75, 3.05) is 0 Å². The van der Waals surface area contributed by atoms with Crippen molar-refractivity contribution in [2.24, 2.45) is 7.05 Å². The van der Waals surface area contributed by atoms with Crippen LogP contribution in [-0.4, -0.2) is 10.9 Å². The zero-order chi connectivity index (χ0) is 11.3. The molecule has 0 N–H and O–H groups in total. The molecule has 0 amide bonds. The number of aromatic nitrogens is 1. The average molecular weight is 217 g/mol. The standard InChI is InChI=1S/C13H12FNO/c1-15-7-10(13(8-16)5-6-13)9-3-2-4-11(14)12(9)15/h2-4,7-8H,5-6H2,1H3. The SMILES string of the molecule is Cn1cc(C2(C=O)CC2)c2cccc(F)c21. The van der Waals surface area contributed by atoms with Crippen molar-refractivity contribution in [3.8, 4) is 0 Å². The average Bonchev–Trinajstić information content (AvgIpc) is 2.99. The maximum Gasteiger partial charge on any atom is 0.147 e. The van der Waals surface area contributed by atoms with Gasteiger partial charge in [-0.3, -0.25) is 0 Å². The first-order valence-electron chi connectivity index (χ1n) is 5.38. The number of carbonyl (C=O) groups is 1. The number of para-hydroxylation sites is 1. The van der Waals surface area contributed by atoms with Gasteiger partial charge in [0.05, 0.1) is 10.9 Å². The Hall–Kier alpha value is -1.64. The van der Waals surface area contributed by atoms with Gasteiger partial charge < -0.3 is 9.36 Å². The first-order valence-corrected chi connectivity index (χ1v) is 5.38. The van der Waals surface area contributed by atoms with Crippen molar-refractivity contribution in [3.63, 3.8) is 0 Å². The van der Waals surface area contributed by atoms with Crippen LogP contribution in [0.2, 0.25) is 0 Å². The molecule has 1 aliphatic rings. The topological polar surface area (TPSA) is 22.0 Å². The van der Waals surface area contributed by atoms with E-state index in [4.69, 9.17) is 0 Å². The quantitative estimate of drug-likeness (QED) is 0.708. The Morgan fingerprint density at radius 1 is 1.44 bits per heavy atom. The highest BCUT2D eigenvalue weighted by Gasteiger charge is 2.46. The fourth-order valence-electron chi connectivity index (χ4n) is 2.40. The Balaban J connectivity index is 2.35. The van der Waals surface area contributed by atoms with Crippen molar-refractivity contribution < 1.29 is 9.18 Å². The molecule has 0 unspecified atom stereocenters. The van der Waals surface area contributed by atoms with Crippen LogP contribution in [0.1, 0.15) is 18.4 Å². The normalized spacial score (nSPS) is 17.6. The smallest absolute Gasteiger partial charge is 0.147 e. The molecule has 1 heterocycles. The molecule has 82 valence electrons. The molecule has 1 saturated carbocycles. The molecule has 3 rings (SSSR count). The summed E-state index contributed by atoms with van der Waals surface area (Å²) >= 11 is 0. The number of aryl methyl sites for hydroxylation is 1. The molecule has 2 aromatic rings. The summed E-state index contributed by atoms with van der Waals surface area (Å²) in [6.07, 6.45) is 4.65. The summed E-state index contributed by atoms with van der Waals surface area (Å²) < 4.78 is 15.4. The zero-order valence-corrected chi connectivity index (χ0v) is 9.03. The summed E-state index contributed by atoms with van der Waals surface area (Å²) in [6.45, 7) is 0. The van der Waals surface area contributed by atoms with E-state index in [1.807, 2.05) is 19.3 Å². The first-order chi connectivity index (χ1) is 7.68. The monoisotopic (exact) mass is 217 g/mol. The van der Waals surface area contributed by atoms with E-state index in [2.05, 4.69) is 0 Å². The Labute approximate surface area is 92.7 Å². The third-order valence-corrected chi connectivity index (χ3v) is 3.50. The van der Waals surface area contributed by atoms with Crippen molar-refractivity contribution in [1.29, 1.82) is 0 Å². The molecule has 0 radical (unpaired) electrons. The largest absolute Gasteiger partial charge is 0.348 e. The molecule has 2 nitrogen and oxygen atoms in total. The van der Waals surface area contributed by atoms with E-state index in [1.54, 1.807) is 10.6 Å². The van der Waals surface area contributed by atoms with Crippen LogP contribution in [0.15, 0.2) is 24.4 Å². The lowest BCUT2D eigenvalue weighted by molar-refractivity contribution is -0.109. The second kappa shape index (κ2) is 2.94. The molecule has 1 fully saturated rings. The van der Waals surface area contributed by atoms with E-state index in [-0.39, 0.29) is 11.2 Å². The van der Waals surface area contributed by atoms with Crippen molar-refractivity contribution in [2.45, 2.75) is 18.3 Å². The molecule has 1 aliphatic carbocycles. The fourth-order valence-corrected chi connectivity index (χ4v) is 2.40. The van der Waals surface area contributed by atoms with Gasteiger partial charge in [0.15, 0.2) is 0 Å². The molecule has 0 spiro atoms. The van der Waals surface area contributed by atoms with Crippen LogP contribution in [-0.2, 0) is 17.3 Å². The number of aldehydes is 1. The number of fused-ring (bicyclic) bond motifs is 1. The maximum atomic E-state index is 13.7. The number of benzene rings is 1. The van der Waals surface area contributed by atoms with Gasteiger partial charge in [-0.1, -0.05) is 12.1 Å². The Bertz CT molecular complexity index is 581. The Kier molecular flexibility index (Phi) is 1.76. The lowest BCUT2D eigenvalue weighted by Crippen LogP contribution is -2.06. The van der Waals surface area contributed by atoms with Crippen molar-refractivity contribution in [3.05, 3.63) is 35.8 Å². The van der Waals surface area contributed by atoms with Gasteiger partial charge in [-0.25, -0.2) is 4.39 Å². The predicted octanol–water partition coefficient (Wildman–Crippen LogP) is 2.55. The number of carbonyl (C=O) groups excluding carboxylic acids is 1. The summed E-state index contributed by atoms with van der Waals surface area (Å²) in [5.41, 5.74) is 1.22. The van der Waals surface area contributed by atoms with Crippen LogP contribution in [0.4, 0.5) is 4.39 Å². The molecule has 3 heteroatoms. The summed E-state index contributed by atoms with van der Waals surface area (Å²) in [6, 6.07) is 5.03. The minimum atomic E-state index is -0.340. The van der Waals surface area contributed by atoms with E-state index in [1.165, 1.54) is 6.07 Å². The second-order valence-corrected chi connectivity index (χ2v) is 4.56. The van der Waals surface area contributed by atoms with Gasteiger partial charge in [-0.05, 0) is 24.5 Å². The minimum absolute atomic E-state index is 0.229. The van der Waals surface area contributed by atoms with Gasteiger partial charge >= 0.3 is 0 Å². The molecular weight excluding hydrogens is 205 g/mol. The van der Waals surface area contributed by atoms with Crippen molar-refractivity contribution in [1.82, 2.24) is 4.57 Å². The van der Waals surface area contributed by atoms with Crippen LogP contribution in [0.5, 0.6) is 0 Å².